The maximum atomic E-state index is 6.09. The van der Waals surface area contributed by atoms with Crippen molar-refractivity contribution >= 4 is 0 Å². The van der Waals surface area contributed by atoms with Gasteiger partial charge in [-0.1, -0.05) is 71.6 Å². The van der Waals surface area contributed by atoms with Crippen LogP contribution in [0.2, 0.25) is 0 Å². The Morgan fingerprint density at radius 3 is 2.14 bits per heavy atom. The van der Waals surface area contributed by atoms with Crippen LogP contribution in [-0.2, 0) is 9.47 Å². The van der Waals surface area contributed by atoms with Crippen LogP contribution in [0.15, 0.2) is 0 Å². The second-order valence-corrected chi connectivity index (χ2v) is 6.58. The molecule has 2 atom stereocenters. The van der Waals surface area contributed by atoms with Gasteiger partial charge in [-0.05, 0) is 32.1 Å². The summed E-state index contributed by atoms with van der Waals surface area (Å²) in [4.78, 5) is 0. The van der Waals surface area contributed by atoms with Gasteiger partial charge in [0.25, 0.3) is 0 Å². The highest BCUT2D eigenvalue weighted by Gasteiger charge is 2.18. The van der Waals surface area contributed by atoms with Crippen molar-refractivity contribution in [2.24, 2.45) is 0 Å². The molecule has 0 aromatic carbocycles. The average molecular weight is 299 g/mol. The quantitative estimate of drug-likeness (QED) is 0.375. The van der Waals surface area contributed by atoms with Gasteiger partial charge in [-0.3, -0.25) is 0 Å². The lowest BCUT2D eigenvalue weighted by molar-refractivity contribution is -0.189. The van der Waals surface area contributed by atoms with Crippen molar-refractivity contribution in [1.82, 2.24) is 0 Å². The molecule has 2 nitrogen and oxygen atoms in total. The highest BCUT2D eigenvalue weighted by molar-refractivity contribution is 4.61. The highest BCUT2D eigenvalue weighted by atomic mass is 16.7. The van der Waals surface area contributed by atoms with Crippen LogP contribution in [-0.4, -0.2) is 19.0 Å². The van der Waals surface area contributed by atoms with E-state index in [0.29, 0.717) is 6.10 Å². The highest BCUT2D eigenvalue weighted by Crippen LogP contribution is 2.20. The van der Waals surface area contributed by atoms with Crippen molar-refractivity contribution < 1.29 is 9.47 Å². The van der Waals surface area contributed by atoms with E-state index in [-0.39, 0.29) is 6.29 Å². The van der Waals surface area contributed by atoms with Gasteiger partial charge >= 0.3 is 0 Å². The molecule has 21 heavy (non-hydrogen) atoms. The summed E-state index contributed by atoms with van der Waals surface area (Å²) in [6.07, 6.45) is 19.0. The summed E-state index contributed by atoms with van der Waals surface area (Å²) in [6.45, 7) is 5.41. The molecule has 0 bridgehead atoms. The van der Waals surface area contributed by atoms with E-state index in [1.54, 1.807) is 0 Å². The first-order valence-corrected chi connectivity index (χ1v) is 9.63. The summed E-state index contributed by atoms with van der Waals surface area (Å²) < 4.78 is 11.8. The zero-order valence-electron chi connectivity index (χ0n) is 14.6. The van der Waals surface area contributed by atoms with Crippen molar-refractivity contribution in [2.75, 3.05) is 6.61 Å². The van der Waals surface area contributed by atoms with Crippen molar-refractivity contribution in [3.05, 3.63) is 0 Å². The Morgan fingerprint density at radius 1 is 0.905 bits per heavy atom. The molecule has 0 saturated carbocycles. The van der Waals surface area contributed by atoms with E-state index in [0.717, 1.165) is 19.4 Å². The van der Waals surface area contributed by atoms with Crippen LogP contribution in [0.3, 0.4) is 0 Å². The lowest BCUT2D eigenvalue weighted by Gasteiger charge is -2.27. The number of hydrogen-bond acceptors (Lipinski definition) is 2. The first kappa shape index (κ1) is 19.0. The predicted molar refractivity (Wildman–Crippen MR) is 90.6 cm³/mol. The first-order chi connectivity index (χ1) is 10.4. The topological polar surface area (TPSA) is 18.5 Å². The summed E-state index contributed by atoms with van der Waals surface area (Å²) in [5.74, 6) is 0. The average Bonchev–Trinajstić information content (AvgIpc) is 2.53. The molecular weight excluding hydrogens is 260 g/mol. The minimum absolute atomic E-state index is 0.0854. The molecule has 1 aliphatic heterocycles. The van der Waals surface area contributed by atoms with E-state index in [1.807, 2.05) is 0 Å². The van der Waals surface area contributed by atoms with Gasteiger partial charge < -0.3 is 9.47 Å². The van der Waals surface area contributed by atoms with Crippen LogP contribution in [0.5, 0.6) is 0 Å². The van der Waals surface area contributed by atoms with Crippen LogP contribution in [0.4, 0.5) is 0 Å². The summed E-state index contributed by atoms with van der Waals surface area (Å²) in [6, 6.07) is 0. The molecule has 1 heterocycles. The van der Waals surface area contributed by atoms with Gasteiger partial charge in [0, 0.05) is 6.61 Å². The fourth-order valence-electron chi connectivity index (χ4n) is 3.08. The van der Waals surface area contributed by atoms with E-state index in [9.17, 15) is 0 Å². The molecular formula is C19H38O2. The molecule has 0 aromatic heterocycles. The monoisotopic (exact) mass is 298 g/mol. The fraction of sp³-hybridized carbons (Fsp3) is 1.00. The third kappa shape index (κ3) is 10.3. The van der Waals surface area contributed by atoms with Crippen molar-refractivity contribution in [1.29, 1.82) is 0 Å². The summed E-state index contributed by atoms with van der Waals surface area (Å²) >= 11 is 0. The second kappa shape index (κ2) is 13.6. The van der Waals surface area contributed by atoms with Crippen LogP contribution in [0.1, 0.15) is 104 Å². The molecule has 1 saturated heterocycles. The first-order valence-electron chi connectivity index (χ1n) is 9.63. The fourth-order valence-corrected chi connectivity index (χ4v) is 3.08. The summed E-state index contributed by atoms with van der Waals surface area (Å²) in [5.41, 5.74) is 0. The molecule has 0 spiro atoms. The van der Waals surface area contributed by atoms with E-state index in [1.165, 1.54) is 77.0 Å². The maximum absolute atomic E-state index is 6.09. The molecule has 0 aromatic rings. The molecule has 0 radical (unpaired) electrons. The Hall–Kier alpha value is -0.0800. The van der Waals surface area contributed by atoms with Gasteiger partial charge in [0.15, 0.2) is 6.29 Å². The molecule has 1 fully saturated rings. The largest absolute Gasteiger partial charge is 0.353 e. The third-order valence-corrected chi connectivity index (χ3v) is 4.57. The zero-order chi connectivity index (χ0) is 15.2. The van der Waals surface area contributed by atoms with E-state index >= 15 is 0 Å². The Labute approximate surface area is 133 Å². The Bertz CT molecular complexity index is 212. The molecule has 126 valence electrons. The minimum Gasteiger partial charge on any atom is -0.353 e. The summed E-state index contributed by atoms with van der Waals surface area (Å²) in [7, 11) is 0. The SMILES string of the molecule is CCCCCCCCCCC[C@@H](CC)OC1CCCCO1. The molecule has 2 heteroatoms. The zero-order valence-corrected chi connectivity index (χ0v) is 14.6. The molecule has 1 aliphatic rings. The minimum atomic E-state index is 0.0854. The number of hydrogen-bond donors (Lipinski definition) is 0. The van der Waals surface area contributed by atoms with Crippen molar-refractivity contribution in [3.63, 3.8) is 0 Å². The van der Waals surface area contributed by atoms with E-state index < -0.39 is 0 Å². The lowest BCUT2D eigenvalue weighted by atomic mass is 10.0. The van der Waals surface area contributed by atoms with Crippen LogP contribution in [0.25, 0.3) is 0 Å². The Balaban J connectivity index is 1.91. The normalized spacial score (nSPS) is 20.6. The van der Waals surface area contributed by atoms with Gasteiger partial charge in [-0.2, -0.15) is 0 Å². The Morgan fingerprint density at radius 2 is 1.57 bits per heavy atom. The van der Waals surface area contributed by atoms with E-state index in [4.69, 9.17) is 9.47 Å². The maximum Gasteiger partial charge on any atom is 0.157 e. The molecule has 1 unspecified atom stereocenters. The van der Waals surface area contributed by atoms with Crippen molar-refractivity contribution in [2.45, 2.75) is 116 Å². The number of unbranched alkanes of at least 4 members (excludes halogenated alkanes) is 8. The predicted octanol–water partition coefficient (Wildman–Crippen LogP) is 6.23. The van der Waals surface area contributed by atoms with Crippen LogP contribution < -0.4 is 0 Å². The van der Waals surface area contributed by atoms with Gasteiger partial charge in [0.1, 0.15) is 0 Å². The summed E-state index contributed by atoms with van der Waals surface area (Å²) in [5, 5.41) is 0. The van der Waals surface area contributed by atoms with Crippen LogP contribution >= 0.6 is 0 Å². The van der Waals surface area contributed by atoms with Crippen LogP contribution in [0, 0.1) is 0 Å². The lowest BCUT2D eigenvalue weighted by Crippen LogP contribution is -2.27. The van der Waals surface area contributed by atoms with E-state index in [2.05, 4.69) is 13.8 Å². The smallest absolute Gasteiger partial charge is 0.157 e. The van der Waals surface area contributed by atoms with Gasteiger partial charge in [-0.15, -0.1) is 0 Å². The van der Waals surface area contributed by atoms with Crippen molar-refractivity contribution in [3.8, 4) is 0 Å². The number of rotatable bonds is 13. The van der Waals surface area contributed by atoms with Gasteiger partial charge in [0.05, 0.1) is 6.10 Å². The second-order valence-electron chi connectivity index (χ2n) is 6.58. The molecule has 1 rings (SSSR count). The third-order valence-electron chi connectivity index (χ3n) is 4.57. The van der Waals surface area contributed by atoms with Gasteiger partial charge in [-0.25, -0.2) is 0 Å². The molecule has 0 N–H and O–H groups in total. The van der Waals surface area contributed by atoms with Gasteiger partial charge in [0.2, 0.25) is 0 Å². The molecule has 0 amide bonds. The standard InChI is InChI=1S/C19H38O2/c1-3-5-6-7-8-9-10-11-12-15-18(4-2)21-19-16-13-14-17-20-19/h18-19H,3-17H2,1-2H3/t18-,19?/m1/s1. The molecule has 0 aliphatic carbocycles. The Kier molecular flexibility index (Phi) is 12.3. The number of ether oxygens (including phenoxy) is 2.